The molecule has 31 nitrogen and oxygen atoms in total. The van der Waals surface area contributed by atoms with E-state index in [0.29, 0.717) is 0 Å². The number of hydrogen-bond donors (Lipinski definition) is 18. The van der Waals surface area contributed by atoms with Gasteiger partial charge in [0.15, 0.2) is 12.6 Å². The summed E-state index contributed by atoms with van der Waals surface area (Å²) in [6.45, 7) is -1.55. The van der Waals surface area contributed by atoms with Gasteiger partial charge < -0.3 is 131 Å². The van der Waals surface area contributed by atoms with Gasteiger partial charge >= 0.3 is 11.9 Å². The molecule has 4 saturated heterocycles. The number of carboxylic acid groups (broad SMARTS) is 2. The molecule has 19 N–H and O–H groups in total. The van der Waals surface area contributed by atoms with Gasteiger partial charge in [-0.3, -0.25) is 14.4 Å². The molecule has 69 heavy (non-hydrogen) atoms. The van der Waals surface area contributed by atoms with Crippen molar-refractivity contribution in [1.82, 2.24) is 16.0 Å². The van der Waals surface area contributed by atoms with Crippen molar-refractivity contribution in [2.24, 2.45) is 5.73 Å². The number of aliphatic carboxylic acids is 2. The molecule has 4 heterocycles. The molecule has 0 aromatic heterocycles. The number of aliphatic hydroxyl groups is 12. The molecular weight excluding hydrogens is 944 g/mol. The maximum atomic E-state index is 13.2. The molecule has 4 rings (SSSR count). The zero-order valence-corrected chi connectivity index (χ0v) is 37.3. The molecule has 4 aliphatic rings. The van der Waals surface area contributed by atoms with Crippen molar-refractivity contribution in [3.8, 4) is 0 Å². The number of carbonyl (C=O) groups excluding carboxylic acids is 3. The van der Waals surface area contributed by atoms with E-state index in [4.69, 9.17) is 43.6 Å². The first-order valence-corrected chi connectivity index (χ1v) is 21.5. The minimum atomic E-state index is -3.30. The molecule has 0 aromatic carbocycles. The van der Waals surface area contributed by atoms with Crippen LogP contribution in [-0.2, 0) is 61.9 Å². The van der Waals surface area contributed by atoms with Crippen molar-refractivity contribution in [2.45, 2.75) is 167 Å². The fourth-order valence-corrected chi connectivity index (χ4v) is 8.37. The second-order valence-corrected chi connectivity index (χ2v) is 16.9. The molecule has 31 heteroatoms. The lowest BCUT2D eigenvalue weighted by molar-refractivity contribution is -0.383. The van der Waals surface area contributed by atoms with Gasteiger partial charge in [0.2, 0.25) is 17.7 Å². The Morgan fingerprint density at radius 3 is 1.61 bits per heavy atom. The van der Waals surface area contributed by atoms with E-state index in [9.17, 15) is 95.5 Å². The van der Waals surface area contributed by atoms with E-state index < -0.39 is 203 Å². The summed E-state index contributed by atoms with van der Waals surface area (Å²) in [5, 5.41) is 158. The normalized spacial score (nSPS) is 40.1. The first kappa shape index (κ1) is 58.1. The topological polar surface area (TPSA) is 505 Å². The summed E-state index contributed by atoms with van der Waals surface area (Å²) < 4.78 is 44.9. The van der Waals surface area contributed by atoms with Gasteiger partial charge in [0, 0.05) is 40.2 Å². The van der Waals surface area contributed by atoms with Crippen LogP contribution in [0.2, 0.25) is 0 Å². The van der Waals surface area contributed by atoms with Crippen molar-refractivity contribution in [3.05, 3.63) is 0 Å². The number of nitrogens with two attached hydrogens (primary N) is 1. The van der Waals surface area contributed by atoms with Gasteiger partial charge in [-0.25, -0.2) is 9.59 Å². The molecule has 0 aliphatic carbocycles. The number of amides is 3. The van der Waals surface area contributed by atoms with E-state index >= 15 is 0 Å². The van der Waals surface area contributed by atoms with E-state index in [2.05, 4.69) is 16.0 Å². The highest BCUT2D eigenvalue weighted by atomic mass is 16.8. The predicted molar refractivity (Wildman–Crippen MR) is 216 cm³/mol. The van der Waals surface area contributed by atoms with Crippen molar-refractivity contribution >= 4 is 29.7 Å². The van der Waals surface area contributed by atoms with Crippen LogP contribution in [0, 0.1) is 0 Å². The highest BCUT2D eigenvalue weighted by molar-refractivity contribution is 5.77. The summed E-state index contributed by atoms with van der Waals surface area (Å²) in [6.07, 6.45) is -37.0. The summed E-state index contributed by atoms with van der Waals surface area (Å²) in [6, 6.07) is -4.86. The zero-order chi connectivity index (χ0) is 51.9. The second kappa shape index (κ2) is 24.8. The minimum Gasteiger partial charge on any atom is -0.477 e. The van der Waals surface area contributed by atoms with Crippen LogP contribution in [0.1, 0.15) is 33.6 Å². The summed E-state index contributed by atoms with van der Waals surface area (Å²) in [7, 11) is 0. The van der Waals surface area contributed by atoms with Gasteiger partial charge in [-0.1, -0.05) is 0 Å². The fraction of sp³-hybridized carbons (Fsp3) is 0.868. The molecule has 0 radical (unpaired) electrons. The third-order valence-corrected chi connectivity index (χ3v) is 11.7. The van der Waals surface area contributed by atoms with Gasteiger partial charge in [0.05, 0.1) is 57.3 Å². The highest BCUT2D eigenvalue weighted by Gasteiger charge is 2.61. The van der Waals surface area contributed by atoms with Gasteiger partial charge in [0.1, 0.15) is 85.4 Å². The molecule has 0 spiro atoms. The number of ether oxygens (including phenoxy) is 8. The fourth-order valence-electron chi connectivity index (χ4n) is 8.37. The summed E-state index contributed by atoms with van der Waals surface area (Å²) in [4.78, 5) is 62.2. The maximum absolute atomic E-state index is 13.2. The van der Waals surface area contributed by atoms with E-state index in [-0.39, 0.29) is 13.2 Å². The Morgan fingerprint density at radius 2 is 1.13 bits per heavy atom. The SMILES string of the molecule is CC(=O)N[C@H]1[C@H](OCCN)O[C@H](CO)[C@@H](O[C@@H]2O[C@H](CO)[C@H](O)[C@H](O[C@@]3(C(=O)O)C[C@H](O)[C@@H](NC(C)=O)[C@H]([C@H](O)[C@H](O)CO[C@@]4(C(=O)O)C[C@H](O)[C@@H](NC(C)=O)[C@H]([C@H](O)[C@H](O)CO)O4)O3)[C@H]2O)[C@@H]1O. The first-order chi connectivity index (χ1) is 32.3. The number of rotatable bonds is 22. The number of carbonyl (C=O) groups is 5. The van der Waals surface area contributed by atoms with Crippen LogP contribution in [0.25, 0.3) is 0 Å². The van der Waals surface area contributed by atoms with Gasteiger partial charge in [-0.2, -0.15) is 0 Å². The van der Waals surface area contributed by atoms with Crippen LogP contribution in [0.3, 0.4) is 0 Å². The van der Waals surface area contributed by atoms with Crippen molar-refractivity contribution in [1.29, 1.82) is 0 Å². The van der Waals surface area contributed by atoms with Crippen LogP contribution in [0.5, 0.6) is 0 Å². The first-order valence-electron chi connectivity index (χ1n) is 21.5. The summed E-state index contributed by atoms with van der Waals surface area (Å²) >= 11 is 0. The Hall–Kier alpha value is -3.49. The van der Waals surface area contributed by atoms with Crippen LogP contribution in [-0.4, -0.2) is 275 Å². The smallest absolute Gasteiger partial charge is 0.364 e. The lowest BCUT2D eigenvalue weighted by Crippen LogP contribution is -2.71. The molecule has 398 valence electrons. The Bertz CT molecular complexity index is 1740. The van der Waals surface area contributed by atoms with Crippen LogP contribution in [0.15, 0.2) is 0 Å². The Labute approximate surface area is 391 Å². The van der Waals surface area contributed by atoms with E-state index in [0.717, 1.165) is 20.8 Å². The van der Waals surface area contributed by atoms with E-state index in [1.165, 1.54) is 0 Å². The lowest BCUT2D eigenvalue weighted by atomic mass is 9.87. The van der Waals surface area contributed by atoms with Gasteiger partial charge in [-0.05, 0) is 0 Å². The molecular formula is C38H64N4O27. The molecule has 4 aliphatic heterocycles. The molecule has 0 bridgehead atoms. The van der Waals surface area contributed by atoms with Crippen LogP contribution in [0.4, 0.5) is 0 Å². The lowest BCUT2D eigenvalue weighted by Gasteiger charge is -2.51. The van der Waals surface area contributed by atoms with Crippen LogP contribution >= 0.6 is 0 Å². The van der Waals surface area contributed by atoms with Crippen molar-refractivity contribution in [3.63, 3.8) is 0 Å². The number of nitrogens with one attached hydrogen (secondary N) is 3. The monoisotopic (exact) mass is 1010 g/mol. The van der Waals surface area contributed by atoms with Gasteiger partial charge in [-0.15, -0.1) is 0 Å². The average molecular weight is 1010 g/mol. The van der Waals surface area contributed by atoms with E-state index in [1.54, 1.807) is 0 Å². The predicted octanol–water partition coefficient (Wildman–Crippen LogP) is -10.9. The largest absolute Gasteiger partial charge is 0.477 e. The second-order valence-electron chi connectivity index (χ2n) is 16.9. The quantitative estimate of drug-likeness (QED) is 0.0479. The Morgan fingerprint density at radius 1 is 0.652 bits per heavy atom. The molecule has 0 saturated carbocycles. The minimum absolute atomic E-state index is 0.0207. The molecule has 4 fully saturated rings. The zero-order valence-electron chi connectivity index (χ0n) is 37.3. The Balaban J connectivity index is 1.65. The third kappa shape index (κ3) is 13.3. The van der Waals surface area contributed by atoms with Gasteiger partial charge in [0.25, 0.3) is 11.6 Å². The molecule has 0 aromatic rings. The summed E-state index contributed by atoms with van der Waals surface area (Å²) in [5.74, 6) is -12.9. The number of aliphatic hydroxyl groups excluding tert-OH is 12. The molecule has 3 amide bonds. The number of hydrogen-bond acceptors (Lipinski definition) is 26. The Kier molecular flexibility index (Phi) is 20.8. The van der Waals surface area contributed by atoms with Crippen LogP contribution < -0.4 is 21.7 Å². The molecule has 22 atom stereocenters. The van der Waals surface area contributed by atoms with Crippen molar-refractivity contribution < 1.29 is 133 Å². The summed E-state index contributed by atoms with van der Waals surface area (Å²) in [5.41, 5.74) is 5.50. The van der Waals surface area contributed by atoms with Crippen molar-refractivity contribution in [2.75, 3.05) is 39.6 Å². The maximum Gasteiger partial charge on any atom is 0.364 e. The van der Waals surface area contributed by atoms with E-state index in [1.807, 2.05) is 0 Å². The molecule has 0 unspecified atom stereocenters. The average Bonchev–Trinajstić information content (AvgIpc) is 3.28. The third-order valence-electron chi connectivity index (χ3n) is 11.7. The highest BCUT2D eigenvalue weighted by Crippen LogP contribution is 2.39. The number of carboxylic acids is 2. The standard InChI is InChI=1S/C38H64N4O27/c1-12(46)40-21-15(49)6-37(35(58)59,67-30(21)24(53)17(51)8-43)63-11-18(52)25(54)31-22(41-13(2)47)16(50)7-38(68-31,36(60)61)69-32-26(55)19(9-44)64-34(28(32)57)66-29-20(10-45)65-33(62-5-4-39)23(27(29)56)42-14(3)48/h15-34,43-45,49-57H,4-11,39H2,1-3H3,(H,40,46)(H,41,47)(H,42,48)(H,58,59)(H,60,61)/t15-,16-,17+,18+,19+,20+,21+,22+,23+,24+,25+,26-,27+,28+,29+,30+,31+,32-,33+,34-,37-,38+/m0/s1.